The molecular formula is C30H22N2O6S. The molecule has 4 bridgehead atoms. The van der Waals surface area contributed by atoms with Crippen molar-refractivity contribution in [1.29, 1.82) is 0 Å². The highest BCUT2D eigenvalue weighted by Gasteiger charge is 2.61. The summed E-state index contributed by atoms with van der Waals surface area (Å²) in [6.07, 6.45) is 9.78. The first-order chi connectivity index (χ1) is 18.8. The molecule has 39 heavy (non-hydrogen) atoms. The fourth-order valence-electron chi connectivity index (χ4n) is 8.64. The normalized spacial score (nSPS) is 37.3. The van der Waals surface area contributed by atoms with Crippen LogP contribution in [0.15, 0.2) is 70.5 Å². The van der Waals surface area contributed by atoms with E-state index < -0.39 is 9.84 Å². The zero-order valence-corrected chi connectivity index (χ0v) is 21.4. The maximum absolute atomic E-state index is 13.4. The first-order valence-corrected chi connectivity index (χ1v) is 14.9. The molecule has 3 heterocycles. The molecule has 4 fully saturated rings. The smallest absolute Gasteiger partial charge is 0.238 e. The first-order valence-electron chi connectivity index (χ1n) is 13.4. The van der Waals surface area contributed by atoms with E-state index in [1.807, 2.05) is 24.3 Å². The van der Waals surface area contributed by atoms with Gasteiger partial charge in [-0.05, 0) is 72.9 Å². The van der Waals surface area contributed by atoms with Crippen LogP contribution in [-0.4, -0.2) is 32.0 Å². The van der Waals surface area contributed by atoms with Crippen LogP contribution in [0.2, 0.25) is 0 Å². The Hall–Kier alpha value is -3.85. The highest BCUT2D eigenvalue weighted by Crippen LogP contribution is 2.56. The van der Waals surface area contributed by atoms with Crippen molar-refractivity contribution in [3.8, 4) is 11.1 Å². The number of nitrogens with zero attached hydrogens (tertiary/aromatic N) is 2. The molecule has 2 aromatic carbocycles. The number of fused-ring (bicyclic) bond motifs is 13. The second kappa shape index (κ2) is 6.83. The number of anilines is 2. The van der Waals surface area contributed by atoms with Gasteiger partial charge >= 0.3 is 0 Å². The van der Waals surface area contributed by atoms with Crippen molar-refractivity contribution < 1.29 is 27.6 Å². The van der Waals surface area contributed by atoms with E-state index in [9.17, 15) is 27.6 Å². The van der Waals surface area contributed by atoms with Gasteiger partial charge in [0.1, 0.15) is 0 Å². The highest BCUT2D eigenvalue weighted by atomic mass is 32.2. The number of carbonyl (C=O) groups excluding carboxylic acids is 4. The number of hydrogen-bond donors (Lipinski definition) is 0. The van der Waals surface area contributed by atoms with E-state index in [2.05, 4.69) is 0 Å². The van der Waals surface area contributed by atoms with Crippen LogP contribution in [0.1, 0.15) is 12.8 Å². The van der Waals surface area contributed by atoms with Crippen molar-refractivity contribution >= 4 is 44.8 Å². The predicted molar refractivity (Wildman–Crippen MR) is 138 cm³/mol. The maximum atomic E-state index is 13.4. The second-order valence-electron chi connectivity index (χ2n) is 11.9. The number of amides is 4. The molecule has 8 atom stereocenters. The van der Waals surface area contributed by atoms with Gasteiger partial charge in [-0.25, -0.2) is 18.2 Å². The quantitative estimate of drug-likeness (QED) is 0.366. The summed E-state index contributed by atoms with van der Waals surface area (Å²) < 4.78 is 26.8. The van der Waals surface area contributed by atoms with Gasteiger partial charge in [0.15, 0.2) is 0 Å². The van der Waals surface area contributed by atoms with Crippen LogP contribution in [0, 0.1) is 47.3 Å². The number of sulfone groups is 1. The Kier molecular flexibility index (Phi) is 3.85. The summed E-state index contributed by atoms with van der Waals surface area (Å²) in [5.74, 6) is -2.11. The molecule has 9 heteroatoms. The summed E-state index contributed by atoms with van der Waals surface area (Å²) in [4.78, 5) is 56.1. The van der Waals surface area contributed by atoms with E-state index in [0.717, 1.165) is 12.8 Å². The highest BCUT2D eigenvalue weighted by molar-refractivity contribution is 7.92. The molecule has 3 aliphatic heterocycles. The van der Waals surface area contributed by atoms with E-state index in [-0.39, 0.29) is 80.8 Å². The number of rotatable bonds is 2. The van der Waals surface area contributed by atoms with E-state index in [0.29, 0.717) is 22.5 Å². The third-order valence-electron chi connectivity index (χ3n) is 10.3. The molecule has 2 aromatic rings. The summed E-state index contributed by atoms with van der Waals surface area (Å²) in [7, 11) is -3.84. The monoisotopic (exact) mass is 538 g/mol. The second-order valence-corrected chi connectivity index (χ2v) is 13.8. The van der Waals surface area contributed by atoms with Crippen molar-refractivity contribution in [2.24, 2.45) is 47.3 Å². The Morgan fingerprint density at radius 2 is 0.872 bits per heavy atom. The number of hydrogen-bond acceptors (Lipinski definition) is 6. The predicted octanol–water partition coefficient (Wildman–Crippen LogP) is 3.12. The van der Waals surface area contributed by atoms with Crippen molar-refractivity contribution in [2.45, 2.75) is 22.6 Å². The van der Waals surface area contributed by atoms with Crippen LogP contribution < -0.4 is 9.80 Å². The average molecular weight is 539 g/mol. The SMILES string of the molecule is O=C1[C@@H]2[C@H](C(=O)N1c1ccc3c(c1)-c1cc(N4C(=O)[C@H]5[C@H](C4=O)[C@H]4C=C[C@H]5C4)ccc1S3(=O)=O)[C@H]1C=C[C@H]2C1. The minimum Gasteiger partial charge on any atom is -0.274 e. The zero-order valence-electron chi connectivity index (χ0n) is 20.6. The molecule has 8 nitrogen and oxygen atoms in total. The Balaban J connectivity index is 1.13. The molecule has 0 radical (unpaired) electrons. The third kappa shape index (κ3) is 2.45. The van der Waals surface area contributed by atoms with E-state index in [1.54, 1.807) is 12.1 Å². The van der Waals surface area contributed by atoms with Crippen LogP contribution in [0.25, 0.3) is 11.1 Å². The molecule has 0 aromatic heterocycles. The molecule has 9 rings (SSSR count). The molecule has 2 saturated carbocycles. The van der Waals surface area contributed by atoms with E-state index in [4.69, 9.17) is 0 Å². The fraction of sp³-hybridized carbons (Fsp3) is 0.333. The van der Waals surface area contributed by atoms with Gasteiger partial charge in [-0.3, -0.25) is 19.2 Å². The van der Waals surface area contributed by atoms with Gasteiger partial charge in [0.2, 0.25) is 33.5 Å². The van der Waals surface area contributed by atoms with Crippen LogP contribution in [-0.2, 0) is 29.0 Å². The zero-order chi connectivity index (χ0) is 26.5. The lowest BCUT2D eigenvalue weighted by Crippen LogP contribution is -2.33. The molecule has 2 saturated heterocycles. The standard InChI is InChI=1S/C30H22N2O6S/c33-27-23-13-1-2-14(9-13)24(23)28(34)31(27)17-5-7-21-19(11-17)20-12-18(6-8-22(20)39(21,37)38)32-29(35)25-15-3-4-16(10-15)26(25)30(32)36/h1-8,11-16,23-26H,9-10H2/t13-,14-,15-,16-,23-,24+,25+,26+/m0/s1. The average Bonchev–Trinajstić information content (AvgIpc) is 3.77. The molecule has 194 valence electrons. The molecule has 0 unspecified atom stereocenters. The number of allylic oxidation sites excluding steroid dienone is 4. The minimum atomic E-state index is -3.84. The number of benzene rings is 2. The minimum absolute atomic E-state index is 0.0694. The van der Waals surface area contributed by atoms with Crippen molar-refractivity contribution in [3.63, 3.8) is 0 Å². The Morgan fingerprint density at radius 3 is 1.21 bits per heavy atom. The van der Waals surface area contributed by atoms with Gasteiger partial charge in [-0.2, -0.15) is 0 Å². The lowest BCUT2D eigenvalue weighted by atomic mass is 9.85. The van der Waals surface area contributed by atoms with Crippen molar-refractivity contribution in [1.82, 2.24) is 0 Å². The van der Waals surface area contributed by atoms with Gasteiger partial charge in [0.25, 0.3) is 0 Å². The lowest BCUT2D eigenvalue weighted by molar-refractivity contribution is -0.124. The Bertz CT molecular complexity index is 1610. The largest absolute Gasteiger partial charge is 0.274 e. The molecule has 4 aliphatic carbocycles. The van der Waals surface area contributed by atoms with Crippen LogP contribution >= 0.6 is 0 Å². The fourth-order valence-corrected chi connectivity index (χ4v) is 10.3. The molecule has 7 aliphatic rings. The van der Waals surface area contributed by atoms with Gasteiger partial charge in [0, 0.05) is 11.1 Å². The van der Waals surface area contributed by atoms with Crippen molar-refractivity contribution in [2.75, 3.05) is 9.80 Å². The van der Waals surface area contributed by atoms with Crippen LogP contribution in [0.3, 0.4) is 0 Å². The summed E-state index contributed by atoms with van der Waals surface area (Å²) in [6.45, 7) is 0. The van der Waals surface area contributed by atoms with Gasteiger partial charge in [-0.1, -0.05) is 24.3 Å². The van der Waals surface area contributed by atoms with Gasteiger partial charge < -0.3 is 0 Å². The summed E-state index contributed by atoms with van der Waals surface area (Å²) in [5.41, 5.74) is 1.42. The van der Waals surface area contributed by atoms with Gasteiger partial charge in [0.05, 0.1) is 44.8 Å². The van der Waals surface area contributed by atoms with E-state index in [1.165, 1.54) is 34.1 Å². The third-order valence-corrected chi connectivity index (χ3v) is 12.1. The molecule has 0 spiro atoms. The van der Waals surface area contributed by atoms with E-state index >= 15 is 0 Å². The number of carbonyl (C=O) groups is 4. The Morgan fingerprint density at radius 1 is 0.538 bits per heavy atom. The van der Waals surface area contributed by atoms with Gasteiger partial charge in [-0.15, -0.1) is 0 Å². The molecule has 4 amide bonds. The van der Waals surface area contributed by atoms with Crippen molar-refractivity contribution in [3.05, 3.63) is 60.7 Å². The maximum Gasteiger partial charge on any atom is 0.238 e. The molecular weight excluding hydrogens is 516 g/mol. The summed E-state index contributed by atoms with van der Waals surface area (Å²) >= 11 is 0. The van der Waals surface area contributed by atoms with Crippen LogP contribution in [0.4, 0.5) is 11.4 Å². The topological polar surface area (TPSA) is 109 Å². The Labute approximate surface area is 223 Å². The summed E-state index contributed by atoms with van der Waals surface area (Å²) in [6, 6.07) is 9.10. The number of imide groups is 2. The van der Waals surface area contributed by atoms with Crippen LogP contribution in [0.5, 0.6) is 0 Å². The molecule has 0 N–H and O–H groups in total. The summed E-state index contributed by atoms with van der Waals surface area (Å²) in [5, 5.41) is 0. The lowest BCUT2D eigenvalue weighted by Gasteiger charge is -2.19. The first kappa shape index (κ1) is 22.0.